The number of carbonyl (C=O) groups is 2. The summed E-state index contributed by atoms with van der Waals surface area (Å²) in [7, 11) is 0. The van der Waals surface area contributed by atoms with Crippen molar-refractivity contribution in [1.29, 1.82) is 0 Å². The van der Waals surface area contributed by atoms with E-state index in [1.54, 1.807) is 25.1 Å². The number of benzene rings is 1. The van der Waals surface area contributed by atoms with Gasteiger partial charge in [-0.05, 0) is 38.0 Å². The Morgan fingerprint density at radius 1 is 1.33 bits per heavy atom. The van der Waals surface area contributed by atoms with Gasteiger partial charge in [0.25, 0.3) is 5.91 Å². The molecular formula is C15H20BrNO4. The van der Waals surface area contributed by atoms with E-state index in [1.165, 1.54) is 0 Å². The highest BCUT2D eigenvalue weighted by molar-refractivity contribution is 9.10. The van der Waals surface area contributed by atoms with Crippen LogP contribution in [0, 0.1) is 5.92 Å². The average molecular weight is 358 g/mol. The highest BCUT2D eigenvalue weighted by Gasteiger charge is 2.15. The third-order valence-corrected chi connectivity index (χ3v) is 3.18. The molecule has 0 bridgehead atoms. The zero-order valence-corrected chi connectivity index (χ0v) is 13.9. The molecule has 0 spiro atoms. The number of aliphatic carboxylic acids is 1. The standard InChI is InChI=1S/C15H20BrNO4/c1-9(2)21-13-7-11(16)4-5-12(13)15(20)17-8-10(3)6-14(18)19/h4-5,7,9-10H,6,8H2,1-3H3,(H,17,20)(H,18,19). The molecule has 2 N–H and O–H groups in total. The maximum atomic E-state index is 12.2. The van der Waals surface area contributed by atoms with Crippen molar-refractivity contribution in [2.45, 2.75) is 33.3 Å². The number of carboxylic acids is 1. The van der Waals surface area contributed by atoms with Crippen LogP contribution in [0.15, 0.2) is 22.7 Å². The average Bonchev–Trinajstić information content (AvgIpc) is 2.34. The van der Waals surface area contributed by atoms with Gasteiger partial charge in [0.2, 0.25) is 0 Å². The minimum Gasteiger partial charge on any atom is -0.490 e. The summed E-state index contributed by atoms with van der Waals surface area (Å²) in [6.45, 7) is 5.86. The number of nitrogens with one attached hydrogen (secondary N) is 1. The molecule has 0 aromatic heterocycles. The summed E-state index contributed by atoms with van der Waals surface area (Å²) in [5.74, 6) is -0.765. The van der Waals surface area contributed by atoms with Gasteiger partial charge in [0, 0.05) is 17.4 Å². The number of hydrogen-bond donors (Lipinski definition) is 2. The lowest BCUT2D eigenvalue weighted by Crippen LogP contribution is -2.29. The molecule has 0 heterocycles. The molecule has 116 valence electrons. The Balaban J connectivity index is 2.75. The summed E-state index contributed by atoms with van der Waals surface area (Å²) >= 11 is 3.35. The lowest BCUT2D eigenvalue weighted by Gasteiger charge is -2.15. The Morgan fingerprint density at radius 3 is 2.57 bits per heavy atom. The molecule has 0 radical (unpaired) electrons. The van der Waals surface area contributed by atoms with Crippen LogP contribution in [0.1, 0.15) is 37.6 Å². The van der Waals surface area contributed by atoms with Crippen molar-refractivity contribution in [3.8, 4) is 5.75 Å². The second-order valence-electron chi connectivity index (χ2n) is 5.22. The topological polar surface area (TPSA) is 75.6 Å². The van der Waals surface area contributed by atoms with Crippen molar-refractivity contribution in [1.82, 2.24) is 5.32 Å². The molecule has 1 unspecified atom stereocenters. The van der Waals surface area contributed by atoms with E-state index in [0.29, 0.717) is 17.9 Å². The van der Waals surface area contributed by atoms with Gasteiger partial charge in [-0.25, -0.2) is 0 Å². The Bertz CT molecular complexity index is 516. The lowest BCUT2D eigenvalue weighted by atomic mass is 10.1. The first-order chi connectivity index (χ1) is 9.79. The van der Waals surface area contributed by atoms with E-state index in [-0.39, 0.29) is 24.3 Å². The quantitative estimate of drug-likeness (QED) is 0.786. The van der Waals surface area contributed by atoms with Crippen LogP contribution in [-0.2, 0) is 4.79 Å². The Hall–Kier alpha value is -1.56. The molecule has 5 nitrogen and oxygen atoms in total. The SMILES string of the molecule is CC(CNC(=O)c1ccc(Br)cc1OC(C)C)CC(=O)O. The van der Waals surface area contributed by atoms with Crippen LogP contribution >= 0.6 is 15.9 Å². The van der Waals surface area contributed by atoms with Crippen molar-refractivity contribution in [3.05, 3.63) is 28.2 Å². The van der Waals surface area contributed by atoms with Crippen LogP contribution < -0.4 is 10.1 Å². The second-order valence-corrected chi connectivity index (χ2v) is 6.14. The first kappa shape index (κ1) is 17.5. The first-order valence-electron chi connectivity index (χ1n) is 6.75. The second kappa shape index (κ2) is 8.02. The smallest absolute Gasteiger partial charge is 0.303 e. The molecule has 0 aliphatic carbocycles. The van der Waals surface area contributed by atoms with Crippen LogP contribution in [0.5, 0.6) is 5.75 Å². The number of ether oxygens (including phenoxy) is 1. The highest BCUT2D eigenvalue weighted by atomic mass is 79.9. The maximum absolute atomic E-state index is 12.2. The minimum atomic E-state index is -0.871. The Kier molecular flexibility index (Phi) is 6.68. The molecule has 0 saturated heterocycles. The number of rotatable bonds is 7. The first-order valence-corrected chi connectivity index (χ1v) is 7.55. The van der Waals surface area contributed by atoms with E-state index in [1.807, 2.05) is 13.8 Å². The van der Waals surface area contributed by atoms with Gasteiger partial charge in [-0.3, -0.25) is 9.59 Å². The van der Waals surface area contributed by atoms with Crippen molar-refractivity contribution in [3.63, 3.8) is 0 Å². The van der Waals surface area contributed by atoms with E-state index in [2.05, 4.69) is 21.2 Å². The molecule has 0 aliphatic rings. The maximum Gasteiger partial charge on any atom is 0.303 e. The summed E-state index contributed by atoms with van der Waals surface area (Å²) < 4.78 is 6.46. The Labute approximate surface area is 132 Å². The molecule has 6 heteroatoms. The molecule has 1 aromatic rings. The fourth-order valence-corrected chi connectivity index (χ4v) is 2.11. The number of halogens is 1. The molecule has 0 fully saturated rings. The Morgan fingerprint density at radius 2 is 2.00 bits per heavy atom. The van der Waals surface area contributed by atoms with Crippen LogP contribution in [-0.4, -0.2) is 29.6 Å². The van der Waals surface area contributed by atoms with Gasteiger partial charge in [0.05, 0.1) is 11.7 Å². The zero-order chi connectivity index (χ0) is 16.0. The van der Waals surface area contributed by atoms with Crippen molar-refractivity contribution < 1.29 is 19.4 Å². The third-order valence-electron chi connectivity index (χ3n) is 2.69. The number of carboxylic acid groups (broad SMARTS) is 1. The number of hydrogen-bond acceptors (Lipinski definition) is 3. The summed E-state index contributed by atoms with van der Waals surface area (Å²) in [6.07, 6.45) is -0.0209. The summed E-state index contributed by atoms with van der Waals surface area (Å²) in [4.78, 5) is 22.8. The predicted molar refractivity (Wildman–Crippen MR) is 83.7 cm³/mol. The molecular weight excluding hydrogens is 338 g/mol. The summed E-state index contributed by atoms with van der Waals surface area (Å²) in [5.41, 5.74) is 0.439. The summed E-state index contributed by atoms with van der Waals surface area (Å²) in [5, 5.41) is 11.4. The molecule has 1 amide bonds. The van der Waals surface area contributed by atoms with Gasteiger partial charge in [0.15, 0.2) is 0 Å². The van der Waals surface area contributed by atoms with E-state index in [9.17, 15) is 9.59 Å². The van der Waals surface area contributed by atoms with E-state index >= 15 is 0 Å². The van der Waals surface area contributed by atoms with Gasteiger partial charge >= 0.3 is 5.97 Å². The predicted octanol–water partition coefficient (Wildman–Crippen LogP) is 3.08. The molecule has 1 atom stereocenters. The largest absolute Gasteiger partial charge is 0.490 e. The van der Waals surface area contributed by atoms with Gasteiger partial charge in [-0.1, -0.05) is 22.9 Å². The van der Waals surface area contributed by atoms with Crippen LogP contribution in [0.25, 0.3) is 0 Å². The van der Waals surface area contributed by atoms with Gasteiger partial charge in [-0.15, -0.1) is 0 Å². The third kappa shape index (κ3) is 6.16. The van der Waals surface area contributed by atoms with Gasteiger partial charge in [-0.2, -0.15) is 0 Å². The normalized spacial score (nSPS) is 12.0. The van der Waals surface area contributed by atoms with E-state index in [0.717, 1.165) is 4.47 Å². The van der Waals surface area contributed by atoms with E-state index < -0.39 is 5.97 Å². The minimum absolute atomic E-state index is 0.0238. The van der Waals surface area contributed by atoms with Crippen molar-refractivity contribution >= 4 is 27.8 Å². The number of amides is 1. The van der Waals surface area contributed by atoms with Gasteiger partial charge < -0.3 is 15.2 Å². The van der Waals surface area contributed by atoms with Crippen molar-refractivity contribution in [2.24, 2.45) is 5.92 Å². The van der Waals surface area contributed by atoms with Gasteiger partial charge in [0.1, 0.15) is 5.75 Å². The molecule has 0 aliphatic heterocycles. The van der Waals surface area contributed by atoms with Crippen molar-refractivity contribution in [2.75, 3.05) is 6.54 Å². The fraction of sp³-hybridized carbons (Fsp3) is 0.467. The molecule has 0 saturated carbocycles. The number of carbonyl (C=O) groups excluding carboxylic acids is 1. The molecule has 1 aromatic carbocycles. The monoisotopic (exact) mass is 357 g/mol. The lowest BCUT2D eigenvalue weighted by molar-refractivity contribution is -0.137. The zero-order valence-electron chi connectivity index (χ0n) is 12.4. The van der Waals surface area contributed by atoms with Crippen LogP contribution in [0.4, 0.5) is 0 Å². The highest BCUT2D eigenvalue weighted by Crippen LogP contribution is 2.24. The van der Waals surface area contributed by atoms with Crippen LogP contribution in [0.3, 0.4) is 0 Å². The molecule has 1 rings (SSSR count). The molecule has 21 heavy (non-hydrogen) atoms. The summed E-state index contributed by atoms with van der Waals surface area (Å²) in [6, 6.07) is 5.19. The van der Waals surface area contributed by atoms with E-state index in [4.69, 9.17) is 9.84 Å². The van der Waals surface area contributed by atoms with Crippen LogP contribution in [0.2, 0.25) is 0 Å². The fourth-order valence-electron chi connectivity index (χ4n) is 1.77.